The molecular weight excluding hydrogens is 453 g/mol. The lowest BCUT2D eigenvalue weighted by molar-refractivity contribution is -0.137. The summed E-state index contributed by atoms with van der Waals surface area (Å²) in [5.41, 5.74) is -0.545. The Morgan fingerprint density at radius 3 is 2.42 bits per heavy atom. The monoisotopic (exact) mass is 471 g/mol. The van der Waals surface area contributed by atoms with Crippen LogP contribution in [-0.2, 0) is 12.7 Å². The molecule has 7 nitrogen and oxygen atoms in total. The molecule has 176 valence electrons. The zero-order valence-corrected chi connectivity index (χ0v) is 17.3. The highest BCUT2D eigenvalue weighted by Crippen LogP contribution is 2.31. The summed E-state index contributed by atoms with van der Waals surface area (Å²) in [6, 6.07) is 8.64. The van der Waals surface area contributed by atoms with Crippen LogP contribution in [0, 0.1) is 0 Å². The van der Waals surface area contributed by atoms with Crippen molar-refractivity contribution >= 4 is 5.91 Å². The normalized spacial score (nSPS) is 11.4. The molecular formula is C21H18F5N3O4. The molecule has 0 atom stereocenters. The summed E-state index contributed by atoms with van der Waals surface area (Å²) >= 11 is 0. The summed E-state index contributed by atoms with van der Waals surface area (Å²) in [7, 11) is 2.57. The Hall–Kier alpha value is -3.83. The molecule has 1 heterocycles. The highest BCUT2D eigenvalue weighted by Gasteiger charge is 2.30. The first-order valence-electron chi connectivity index (χ1n) is 9.33. The Morgan fingerprint density at radius 2 is 1.79 bits per heavy atom. The molecule has 0 radical (unpaired) electrons. The van der Waals surface area contributed by atoms with Crippen molar-refractivity contribution < 1.29 is 41.0 Å². The Bertz CT molecular complexity index is 1130. The van der Waals surface area contributed by atoms with Gasteiger partial charge in [-0.25, -0.2) is 4.68 Å². The molecule has 0 aliphatic rings. The largest absolute Gasteiger partial charge is 0.493 e. The molecule has 3 rings (SSSR count). The smallest absolute Gasteiger partial charge is 0.416 e. The van der Waals surface area contributed by atoms with Gasteiger partial charge in [-0.15, -0.1) is 0 Å². The van der Waals surface area contributed by atoms with Crippen molar-refractivity contribution in [3.63, 3.8) is 0 Å². The standard InChI is InChI=1S/C21H18F5N3O4/c1-31-15-7-6-12(8-16(15)33-20(22)23)10-27-19(30)18-17(32-2)11-29(28-18)14-5-3-4-13(9-14)21(24,25)26/h3-9,11,20H,10H2,1-2H3,(H,27,30). The van der Waals surface area contributed by atoms with E-state index in [2.05, 4.69) is 15.2 Å². The Kier molecular flexibility index (Phi) is 7.04. The first-order chi connectivity index (χ1) is 15.6. The van der Waals surface area contributed by atoms with Crippen LogP contribution in [0.3, 0.4) is 0 Å². The molecule has 1 N–H and O–H groups in total. The summed E-state index contributed by atoms with van der Waals surface area (Å²) in [4.78, 5) is 12.6. The zero-order chi connectivity index (χ0) is 24.2. The van der Waals surface area contributed by atoms with E-state index in [-0.39, 0.29) is 35.2 Å². The quantitative estimate of drug-likeness (QED) is 0.492. The zero-order valence-electron chi connectivity index (χ0n) is 17.3. The molecule has 2 aromatic carbocycles. The number of benzene rings is 2. The molecule has 1 aromatic heterocycles. The van der Waals surface area contributed by atoms with Crippen LogP contribution in [0.5, 0.6) is 17.2 Å². The van der Waals surface area contributed by atoms with Gasteiger partial charge in [0, 0.05) is 6.54 Å². The number of carbonyl (C=O) groups excluding carboxylic acids is 1. The van der Waals surface area contributed by atoms with Crippen LogP contribution in [0.4, 0.5) is 22.0 Å². The number of carbonyl (C=O) groups is 1. The number of nitrogens with zero attached hydrogens (tertiary/aromatic N) is 2. The van der Waals surface area contributed by atoms with Gasteiger partial charge in [0.25, 0.3) is 5.91 Å². The second-order valence-corrected chi connectivity index (χ2v) is 6.59. The van der Waals surface area contributed by atoms with Crippen molar-refractivity contribution in [2.75, 3.05) is 14.2 Å². The third-order valence-electron chi connectivity index (χ3n) is 4.45. The van der Waals surface area contributed by atoms with Gasteiger partial charge in [0.1, 0.15) is 0 Å². The number of aromatic nitrogens is 2. The average Bonchev–Trinajstić information content (AvgIpc) is 3.21. The number of nitrogens with one attached hydrogen (secondary N) is 1. The van der Waals surface area contributed by atoms with Crippen molar-refractivity contribution in [3.8, 4) is 22.9 Å². The number of alkyl halides is 5. The average molecular weight is 471 g/mol. The van der Waals surface area contributed by atoms with Crippen molar-refractivity contribution in [2.45, 2.75) is 19.3 Å². The van der Waals surface area contributed by atoms with Crippen LogP contribution in [0.25, 0.3) is 5.69 Å². The van der Waals surface area contributed by atoms with E-state index >= 15 is 0 Å². The Morgan fingerprint density at radius 1 is 1.06 bits per heavy atom. The number of halogens is 5. The predicted octanol–water partition coefficient (Wildman–Crippen LogP) is 4.44. The maximum absolute atomic E-state index is 13.0. The van der Waals surface area contributed by atoms with Crippen LogP contribution in [0.15, 0.2) is 48.7 Å². The molecule has 33 heavy (non-hydrogen) atoms. The first-order valence-corrected chi connectivity index (χ1v) is 9.33. The molecule has 12 heteroatoms. The van der Waals surface area contributed by atoms with Crippen molar-refractivity contribution in [3.05, 3.63) is 65.5 Å². The molecule has 1 amide bonds. The molecule has 0 spiro atoms. The fraction of sp³-hybridized carbons (Fsp3) is 0.238. The summed E-state index contributed by atoms with van der Waals surface area (Å²) < 4.78 is 79.7. The van der Waals surface area contributed by atoms with Gasteiger partial charge in [-0.3, -0.25) is 4.79 Å². The lowest BCUT2D eigenvalue weighted by Crippen LogP contribution is -2.24. The molecule has 0 unspecified atom stereocenters. The minimum absolute atomic E-state index is 0.0290. The van der Waals surface area contributed by atoms with Gasteiger partial charge in [0.15, 0.2) is 22.9 Å². The van der Waals surface area contributed by atoms with Crippen LogP contribution in [0.2, 0.25) is 0 Å². The van der Waals surface area contributed by atoms with Gasteiger partial charge >= 0.3 is 12.8 Å². The van der Waals surface area contributed by atoms with Crippen LogP contribution < -0.4 is 19.5 Å². The Balaban J connectivity index is 1.79. The summed E-state index contributed by atoms with van der Waals surface area (Å²) in [6.07, 6.45) is -3.27. The minimum Gasteiger partial charge on any atom is -0.493 e. The van der Waals surface area contributed by atoms with Crippen LogP contribution >= 0.6 is 0 Å². The number of hydrogen-bond acceptors (Lipinski definition) is 5. The van der Waals surface area contributed by atoms with Gasteiger partial charge in [-0.05, 0) is 35.9 Å². The van der Waals surface area contributed by atoms with Gasteiger partial charge in [-0.2, -0.15) is 27.1 Å². The van der Waals surface area contributed by atoms with Gasteiger partial charge < -0.3 is 19.5 Å². The van der Waals surface area contributed by atoms with E-state index in [4.69, 9.17) is 9.47 Å². The number of amides is 1. The number of methoxy groups -OCH3 is 2. The van der Waals surface area contributed by atoms with Crippen LogP contribution in [-0.4, -0.2) is 36.5 Å². The number of ether oxygens (including phenoxy) is 3. The maximum Gasteiger partial charge on any atom is 0.416 e. The van der Waals surface area contributed by atoms with Gasteiger partial charge in [0.2, 0.25) is 0 Å². The third kappa shape index (κ3) is 5.70. The topological polar surface area (TPSA) is 74.6 Å². The second-order valence-electron chi connectivity index (χ2n) is 6.59. The van der Waals surface area contributed by atoms with E-state index in [1.54, 1.807) is 0 Å². The highest BCUT2D eigenvalue weighted by molar-refractivity contribution is 5.94. The fourth-order valence-electron chi connectivity index (χ4n) is 2.91. The van der Waals surface area contributed by atoms with E-state index in [1.165, 1.54) is 50.7 Å². The van der Waals surface area contributed by atoms with Gasteiger partial charge in [0.05, 0.1) is 31.7 Å². The van der Waals surface area contributed by atoms with E-state index < -0.39 is 24.3 Å². The Labute approximate surface area is 184 Å². The van der Waals surface area contributed by atoms with Crippen molar-refractivity contribution in [2.24, 2.45) is 0 Å². The second kappa shape index (κ2) is 9.76. The van der Waals surface area contributed by atoms with Crippen molar-refractivity contribution in [1.82, 2.24) is 15.1 Å². The molecule has 0 saturated carbocycles. The molecule has 0 saturated heterocycles. The molecule has 0 aliphatic heterocycles. The van der Waals surface area contributed by atoms with E-state index in [0.29, 0.717) is 5.56 Å². The molecule has 0 bridgehead atoms. The number of hydrogen-bond donors (Lipinski definition) is 1. The molecule has 3 aromatic rings. The summed E-state index contributed by atoms with van der Waals surface area (Å²) in [6.45, 7) is -3.14. The fourth-order valence-corrected chi connectivity index (χ4v) is 2.91. The van der Waals surface area contributed by atoms with E-state index in [1.807, 2.05) is 0 Å². The van der Waals surface area contributed by atoms with E-state index in [9.17, 15) is 26.7 Å². The first kappa shape index (κ1) is 23.8. The predicted molar refractivity (Wildman–Crippen MR) is 106 cm³/mol. The van der Waals surface area contributed by atoms with Crippen LogP contribution in [0.1, 0.15) is 21.6 Å². The lowest BCUT2D eigenvalue weighted by Gasteiger charge is -2.12. The minimum atomic E-state index is -4.54. The maximum atomic E-state index is 13.0. The summed E-state index contributed by atoms with van der Waals surface area (Å²) in [5, 5.41) is 6.59. The van der Waals surface area contributed by atoms with Crippen molar-refractivity contribution in [1.29, 1.82) is 0 Å². The van der Waals surface area contributed by atoms with Gasteiger partial charge in [-0.1, -0.05) is 12.1 Å². The van der Waals surface area contributed by atoms with E-state index in [0.717, 1.165) is 16.8 Å². The lowest BCUT2D eigenvalue weighted by atomic mass is 10.2. The highest BCUT2D eigenvalue weighted by atomic mass is 19.4. The number of rotatable bonds is 8. The SMILES string of the molecule is COc1ccc(CNC(=O)c2nn(-c3cccc(C(F)(F)F)c3)cc2OC)cc1OC(F)F. The summed E-state index contributed by atoms with van der Waals surface area (Å²) in [5.74, 6) is -0.774. The molecule has 0 fully saturated rings. The molecule has 0 aliphatic carbocycles. The third-order valence-corrected chi connectivity index (χ3v) is 4.45.